The highest BCUT2D eigenvalue weighted by molar-refractivity contribution is 5.98. The van der Waals surface area contributed by atoms with Gasteiger partial charge in [-0.1, -0.05) is 19.1 Å². The zero-order valence-corrected chi connectivity index (χ0v) is 13.4. The first-order valence-corrected chi connectivity index (χ1v) is 7.72. The molecular weight excluding hydrogens is 280 g/mol. The standard InChI is InChI=1S/C17H24N2O3/c1-11-7-8-19(10-16(11)21)12(2)17(22)18-15-6-4-5-14(9-15)13(3)20/h4-6,9,11-12,16,21H,7-8,10H2,1-3H3,(H,18,22). The summed E-state index contributed by atoms with van der Waals surface area (Å²) in [6.45, 7) is 6.69. The lowest BCUT2D eigenvalue weighted by atomic mass is 9.95. The van der Waals surface area contributed by atoms with E-state index in [0.29, 0.717) is 17.8 Å². The largest absolute Gasteiger partial charge is 0.392 e. The van der Waals surface area contributed by atoms with Crippen LogP contribution in [0, 0.1) is 5.92 Å². The fourth-order valence-corrected chi connectivity index (χ4v) is 2.65. The number of Topliss-reactive ketones (excluding diaryl/α,β-unsaturated/α-hetero) is 1. The van der Waals surface area contributed by atoms with Gasteiger partial charge in [0.05, 0.1) is 12.1 Å². The lowest BCUT2D eigenvalue weighted by Gasteiger charge is -2.37. The van der Waals surface area contributed by atoms with E-state index in [1.165, 1.54) is 6.92 Å². The third-order valence-corrected chi connectivity index (χ3v) is 4.41. The van der Waals surface area contributed by atoms with Gasteiger partial charge in [0.15, 0.2) is 5.78 Å². The van der Waals surface area contributed by atoms with Gasteiger partial charge in [-0.05, 0) is 44.9 Å². The number of aliphatic hydroxyl groups excluding tert-OH is 1. The van der Waals surface area contributed by atoms with Crippen LogP contribution in [0.15, 0.2) is 24.3 Å². The Hall–Kier alpha value is -1.72. The molecule has 1 amide bonds. The van der Waals surface area contributed by atoms with Crippen molar-refractivity contribution in [2.75, 3.05) is 18.4 Å². The Balaban J connectivity index is 1.99. The van der Waals surface area contributed by atoms with Crippen molar-refractivity contribution in [3.8, 4) is 0 Å². The molecule has 1 heterocycles. The molecule has 1 aliphatic rings. The molecule has 0 radical (unpaired) electrons. The monoisotopic (exact) mass is 304 g/mol. The number of anilines is 1. The van der Waals surface area contributed by atoms with Gasteiger partial charge in [0.2, 0.25) is 5.91 Å². The summed E-state index contributed by atoms with van der Waals surface area (Å²) in [6, 6.07) is 6.61. The number of rotatable bonds is 4. The third kappa shape index (κ3) is 3.93. The van der Waals surface area contributed by atoms with Crippen LogP contribution in [0.25, 0.3) is 0 Å². The van der Waals surface area contributed by atoms with Crippen molar-refractivity contribution in [3.63, 3.8) is 0 Å². The number of carbonyl (C=O) groups excluding carboxylic acids is 2. The number of hydrogen-bond acceptors (Lipinski definition) is 4. The van der Waals surface area contributed by atoms with Crippen LogP contribution in [0.2, 0.25) is 0 Å². The van der Waals surface area contributed by atoms with E-state index in [4.69, 9.17) is 0 Å². The summed E-state index contributed by atoms with van der Waals surface area (Å²) in [5.74, 6) is 0.124. The van der Waals surface area contributed by atoms with E-state index in [2.05, 4.69) is 5.32 Å². The van der Waals surface area contributed by atoms with Crippen LogP contribution in [0.4, 0.5) is 5.69 Å². The minimum Gasteiger partial charge on any atom is -0.392 e. The number of piperidine rings is 1. The molecule has 1 saturated heterocycles. The Morgan fingerprint density at radius 2 is 2.14 bits per heavy atom. The summed E-state index contributed by atoms with van der Waals surface area (Å²) in [6.07, 6.45) is 0.503. The van der Waals surface area contributed by atoms with Gasteiger partial charge in [0.1, 0.15) is 0 Å². The Morgan fingerprint density at radius 1 is 1.41 bits per heavy atom. The Bertz CT molecular complexity index is 559. The number of hydrogen-bond donors (Lipinski definition) is 2. The first kappa shape index (κ1) is 16.6. The van der Waals surface area contributed by atoms with E-state index >= 15 is 0 Å². The average Bonchev–Trinajstić information content (AvgIpc) is 2.49. The van der Waals surface area contributed by atoms with Crippen LogP contribution in [0.1, 0.15) is 37.6 Å². The first-order chi connectivity index (χ1) is 10.4. The van der Waals surface area contributed by atoms with Crippen molar-refractivity contribution in [1.82, 2.24) is 4.90 Å². The number of nitrogens with one attached hydrogen (secondary N) is 1. The van der Waals surface area contributed by atoms with Crippen LogP contribution in [-0.2, 0) is 4.79 Å². The van der Waals surface area contributed by atoms with Crippen molar-refractivity contribution >= 4 is 17.4 Å². The summed E-state index contributed by atoms with van der Waals surface area (Å²) in [4.78, 5) is 25.7. The normalized spacial score (nSPS) is 23.8. The summed E-state index contributed by atoms with van der Waals surface area (Å²) in [5.41, 5.74) is 1.20. The maximum atomic E-state index is 12.4. The fourth-order valence-electron chi connectivity index (χ4n) is 2.65. The minimum absolute atomic E-state index is 0.0303. The van der Waals surface area contributed by atoms with Gasteiger partial charge in [0, 0.05) is 17.8 Å². The molecule has 5 heteroatoms. The number of nitrogens with zero attached hydrogens (tertiary/aromatic N) is 1. The van der Waals surface area contributed by atoms with Crippen molar-refractivity contribution in [3.05, 3.63) is 29.8 Å². The molecule has 120 valence electrons. The number of β-amino-alcohol motifs (C(OH)–C–C–N with tert-alkyl or cyclic N) is 1. The maximum absolute atomic E-state index is 12.4. The third-order valence-electron chi connectivity index (χ3n) is 4.41. The molecule has 3 atom stereocenters. The van der Waals surface area contributed by atoms with Crippen LogP contribution in [-0.4, -0.2) is 46.9 Å². The second-order valence-electron chi connectivity index (χ2n) is 6.13. The molecule has 0 spiro atoms. The number of benzene rings is 1. The Labute approximate surface area is 131 Å². The van der Waals surface area contributed by atoms with E-state index in [1.54, 1.807) is 24.3 Å². The highest BCUT2D eigenvalue weighted by atomic mass is 16.3. The van der Waals surface area contributed by atoms with Crippen molar-refractivity contribution < 1.29 is 14.7 Å². The number of ketones is 1. The summed E-state index contributed by atoms with van der Waals surface area (Å²) < 4.78 is 0. The molecule has 0 saturated carbocycles. The van der Waals surface area contributed by atoms with Crippen molar-refractivity contribution in [2.45, 2.75) is 39.3 Å². The van der Waals surface area contributed by atoms with Crippen LogP contribution in [0.5, 0.6) is 0 Å². The zero-order valence-electron chi connectivity index (χ0n) is 13.4. The van der Waals surface area contributed by atoms with E-state index in [9.17, 15) is 14.7 Å². The van der Waals surface area contributed by atoms with E-state index in [-0.39, 0.29) is 29.8 Å². The number of amides is 1. The van der Waals surface area contributed by atoms with Gasteiger partial charge >= 0.3 is 0 Å². The van der Waals surface area contributed by atoms with Gasteiger partial charge in [-0.2, -0.15) is 0 Å². The molecule has 2 N–H and O–H groups in total. The topological polar surface area (TPSA) is 69.6 Å². The molecule has 1 aromatic carbocycles. The van der Waals surface area contributed by atoms with Crippen LogP contribution >= 0.6 is 0 Å². The lowest BCUT2D eigenvalue weighted by molar-refractivity contribution is -0.122. The predicted octanol–water partition coefficient (Wildman–Crippen LogP) is 1.92. The molecule has 0 bridgehead atoms. The minimum atomic E-state index is -0.384. The smallest absolute Gasteiger partial charge is 0.241 e. The first-order valence-electron chi connectivity index (χ1n) is 7.72. The quantitative estimate of drug-likeness (QED) is 0.834. The molecule has 2 rings (SSSR count). The molecule has 0 aromatic heterocycles. The lowest BCUT2D eigenvalue weighted by Crippen LogP contribution is -2.50. The van der Waals surface area contributed by atoms with E-state index in [0.717, 1.165) is 13.0 Å². The highest BCUT2D eigenvalue weighted by Crippen LogP contribution is 2.20. The van der Waals surface area contributed by atoms with Gasteiger partial charge in [-0.25, -0.2) is 0 Å². The second-order valence-corrected chi connectivity index (χ2v) is 6.13. The molecule has 22 heavy (non-hydrogen) atoms. The fraction of sp³-hybridized carbons (Fsp3) is 0.529. The summed E-state index contributed by atoms with van der Waals surface area (Å²) >= 11 is 0. The predicted molar refractivity (Wildman–Crippen MR) is 85.9 cm³/mol. The van der Waals surface area contributed by atoms with Gasteiger partial charge in [-0.15, -0.1) is 0 Å². The molecule has 0 aliphatic carbocycles. The summed E-state index contributed by atoms with van der Waals surface area (Å²) in [7, 11) is 0. The molecule has 1 fully saturated rings. The number of likely N-dealkylation sites (tertiary alicyclic amines) is 1. The number of aliphatic hydroxyl groups is 1. The summed E-state index contributed by atoms with van der Waals surface area (Å²) in [5, 5.41) is 12.8. The van der Waals surface area contributed by atoms with E-state index < -0.39 is 0 Å². The average molecular weight is 304 g/mol. The van der Waals surface area contributed by atoms with Gasteiger partial charge in [-0.3, -0.25) is 14.5 Å². The molecule has 5 nitrogen and oxygen atoms in total. The Kier molecular flexibility index (Phi) is 5.32. The molecule has 1 aromatic rings. The maximum Gasteiger partial charge on any atom is 0.241 e. The van der Waals surface area contributed by atoms with Crippen molar-refractivity contribution in [1.29, 1.82) is 0 Å². The number of carbonyl (C=O) groups is 2. The van der Waals surface area contributed by atoms with Crippen LogP contribution < -0.4 is 5.32 Å². The SMILES string of the molecule is CC(=O)c1cccc(NC(=O)C(C)N2CCC(C)C(O)C2)c1. The van der Waals surface area contributed by atoms with Gasteiger partial charge in [0.25, 0.3) is 0 Å². The molecule has 3 unspecified atom stereocenters. The Morgan fingerprint density at radius 3 is 2.77 bits per heavy atom. The zero-order chi connectivity index (χ0) is 16.3. The molecular formula is C17H24N2O3. The van der Waals surface area contributed by atoms with Crippen LogP contribution in [0.3, 0.4) is 0 Å². The van der Waals surface area contributed by atoms with E-state index in [1.807, 2.05) is 18.7 Å². The highest BCUT2D eigenvalue weighted by Gasteiger charge is 2.30. The second kappa shape index (κ2) is 7.03. The van der Waals surface area contributed by atoms with Gasteiger partial charge < -0.3 is 10.4 Å². The van der Waals surface area contributed by atoms with Crippen molar-refractivity contribution in [2.24, 2.45) is 5.92 Å². The molecule has 1 aliphatic heterocycles.